The van der Waals surface area contributed by atoms with Crippen LogP contribution in [0.3, 0.4) is 0 Å². The molecule has 0 amide bonds. The lowest BCUT2D eigenvalue weighted by Gasteiger charge is -2.02. The van der Waals surface area contributed by atoms with E-state index in [1.807, 2.05) is 13.0 Å². The van der Waals surface area contributed by atoms with E-state index in [9.17, 15) is 4.79 Å². The third-order valence-corrected chi connectivity index (χ3v) is 3.21. The molecule has 2 aromatic rings. The lowest BCUT2D eigenvalue weighted by molar-refractivity contribution is 0.112. The fourth-order valence-electron chi connectivity index (χ4n) is 1.56. The third-order valence-electron chi connectivity index (χ3n) is 2.31. The minimum Gasteiger partial charge on any atom is -0.384 e. The molecule has 0 radical (unpaired) electrons. The van der Waals surface area contributed by atoms with Crippen molar-refractivity contribution in [2.24, 2.45) is 5.73 Å². The molecule has 0 bridgehead atoms. The Bertz CT molecular complexity index is 589. The van der Waals surface area contributed by atoms with Crippen molar-refractivity contribution >= 4 is 23.5 Å². The first kappa shape index (κ1) is 11.5. The van der Waals surface area contributed by atoms with Crippen LogP contribution in [0.25, 0.3) is 11.3 Å². The highest BCUT2D eigenvalue weighted by atomic mass is 32.1. The van der Waals surface area contributed by atoms with Gasteiger partial charge < -0.3 is 5.73 Å². The van der Waals surface area contributed by atoms with E-state index in [1.165, 1.54) is 11.3 Å². The molecular weight excluding hydrogens is 234 g/mol. The molecular formula is C12H11N3OS. The third kappa shape index (κ3) is 2.24. The first-order chi connectivity index (χ1) is 8.11. The number of hydrogen-bond acceptors (Lipinski definition) is 4. The zero-order valence-electron chi connectivity index (χ0n) is 9.23. The second-order valence-corrected chi connectivity index (χ2v) is 4.79. The van der Waals surface area contributed by atoms with Crippen LogP contribution in [-0.2, 0) is 0 Å². The Labute approximate surface area is 103 Å². The van der Waals surface area contributed by atoms with Crippen molar-refractivity contribution in [3.63, 3.8) is 0 Å². The first-order valence-electron chi connectivity index (χ1n) is 4.99. The summed E-state index contributed by atoms with van der Waals surface area (Å²) in [4.78, 5) is 15.9. The Hall–Kier alpha value is -2.01. The highest BCUT2D eigenvalue weighted by Crippen LogP contribution is 2.27. The number of nitrogen functional groups attached to an aromatic ring is 1. The maximum absolute atomic E-state index is 10.9. The number of thiazole rings is 1. The zero-order valence-corrected chi connectivity index (χ0v) is 10.0. The smallest absolute Gasteiger partial charge is 0.162 e. The molecule has 0 saturated carbocycles. The summed E-state index contributed by atoms with van der Waals surface area (Å²) in [5.41, 5.74) is 7.53. The van der Waals surface area contributed by atoms with Crippen LogP contribution in [0, 0.1) is 12.3 Å². The molecule has 4 nitrogen and oxygen atoms in total. The van der Waals surface area contributed by atoms with E-state index in [4.69, 9.17) is 11.1 Å². The molecule has 0 saturated heterocycles. The summed E-state index contributed by atoms with van der Waals surface area (Å²) in [5.74, 6) is 0.00598. The van der Waals surface area contributed by atoms with Crippen molar-refractivity contribution in [2.45, 2.75) is 6.92 Å². The van der Waals surface area contributed by atoms with Gasteiger partial charge in [0.2, 0.25) is 0 Å². The number of aldehydes is 1. The van der Waals surface area contributed by atoms with Crippen LogP contribution >= 0.6 is 11.3 Å². The molecule has 1 aromatic carbocycles. The zero-order chi connectivity index (χ0) is 12.4. The van der Waals surface area contributed by atoms with Crippen LogP contribution in [-0.4, -0.2) is 17.1 Å². The highest BCUT2D eigenvalue weighted by Gasteiger charge is 2.11. The van der Waals surface area contributed by atoms with Crippen LogP contribution in [0.1, 0.15) is 20.2 Å². The van der Waals surface area contributed by atoms with Crippen LogP contribution in [0.2, 0.25) is 0 Å². The van der Waals surface area contributed by atoms with Gasteiger partial charge in [-0.1, -0.05) is 18.2 Å². The number of amidine groups is 1. The second kappa shape index (κ2) is 4.47. The summed E-state index contributed by atoms with van der Waals surface area (Å²) < 4.78 is 0. The van der Waals surface area contributed by atoms with E-state index >= 15 is 0 Å². The summed E-state index contributed by atoms with van der Waals surface area (Å²) in [6.07, 6.45) is 0.806. The molecule has 0 atom stereocenters. The van der Waals surface area contributed by atoms with Crippen LogP contribution in [0.4, 0.5) is 0 Å². The summed E-state index contributed by atoms with van der Waals surface area (Å²) in [5, 5.41) is 8.23. The monoisotopic (exact) mass is 245 g/mol. The van der Waals surface area contributed by atoms with Gasteiger partial charge in [-0.15, -0.1) is 11.3 Å². The number of nitrogens with two attached hydrogens (primary N) is 1. The number of aryl methyl sites for hydroxylation is 1. The normalized spacial score (nSPS) is 10.2. The van der Waals surface area contributed by atoms with Crippen molar-refractivity contribution in [3.8, 4) is 11.3 Å². The molecule has 0 aliphatic carbocycles. The SMILES string of the molecule is Cc1nc(-c2cccc(C(=N)N)c2)c(C=O)s1. The molecule has 0 spiro atoms. The molecule has 0 fully saturated rings. The number of nitrogens with zero attached hydrogens (tertiary/aromatic N) is 1. The molecule has 2 rings (SSSR count). The van der Waals surface area contributed by atoms with Gasteiger partial charge in [-0.3, -0.25) is 10.2 Å². The van der Waals surface area contributed by atoms with E-state index in [1.54, 1.807) is 18.2 Å². The Morgan fingerprint density at radius 3 is 2.94 bits per heavy atom. The summed E-state index contributed by atoms with van der Waals surface area (Å²) in [6, 6.07) is 7.18. The molecule has 0 aliphatic rings. The van der Waals surface area contributed by atoms with Gasteiger partial charge in [0, 0.05) is 11.1 Å². The number of benzene rings is 1. The minimum absolute atomic E-state index is 0.00598. The van der Waals surface area contributed by atoms with Crippen LogP contribution in [0.5, 0.6) is 0 Å². The number of nitrogens with one attached hydrogen (secondary N) is 1. The van der Waals surface area contributed by atoms with Gasteiger partial charge in [-0.2, -0.15) is 0 Å². The van der Waals surface area contributed by atoms with Gasteiger partial charge in [0.15, 0.2) is 6.29 Å². The molecule has 86 valence electrons. The van der Waals surface area contributed by atoms with Crippen LogP contribution < -0.4 is 5.73 Å². The molecule has 1 aromatic heterocycles. The summed E-state index contributed by atoms with van der Waals surface area (Å²) >= 11 is 1.36. The number of aromatic nitrogens is 1. The molecule has 17 heavy (non-hydrogen) atoms. The quantitative estimate of drug-likeness (QED) is 0.494. The van der Waals surface area contributed by atoms with E-state index in [0.717, 1.165) is 16.9 Å². The average Bonchev–Trinajstić information content (AvgIpc) is 2.70. The second-order valence-electron chi connectivity index (χ2n) is 3.56. The predicted octanol–water partition coefficient (Wildman–Crippen LogP) is 2.22. The summed E-state index contributed by atoms with van der Waals surface area (Å²) in [7, 11) is 0. The van der Waals surface area contributed by atoms with E-state index < -0.39 is 0 Å². The Morgan fingerprint density at radius 1 is 1.53 bits per heavy atom. The van der Waals surface area contributed by atoms with Crippen molar-refractivity contribution in [3.05, 3.63) is 39.7 Å². The van der Waals surface area contributed by atoms with Gasteiger partial charge in [0.1, 0.15) is 5.84 Å². The lowest BCUT2D eigenvalue weighted by Crippen LogP contribution is -2.10. The van der Waals surface area contributed by atoms with Crippen molar-refractivity contribution < 1.29 is 4.79 Å². The van der Waals surface area contributed by atoms with Crippen molar-refractivity contribution in [1.29, 1.82) is 5.41 Å². The summed E-state index contributed by atoms with van der Waals surface area (Å²) in [6.45, 7) is 1.86. The topological polar surface area (TPSA) is 79.8 Å². The Kier molecular flexibility index (Phi) is 3.01. The number of carbonyl (C=O) groups excluding carboxylic acids is 1. The molecule has 0 unspecified atom stereocenters. The fourth-order valence-corrected chi connectivity index (χ4v) is 2.33. The Morgan fingerprint density at radius 2 is 2.29 bits per heavy atom. The first-order valence-corrected chi connectivity index (χ1v) is 5.81. The van der Waals surface area contributed by atoms with Gasteiger partial charge in [-0.25, -0.2) is 4.98 Å². The number of carbonyl (C=O) groups is 1. The standard InChI is InChI=1S/C12H11N3OS/c1-7-15-11(10(6-16)17-7)8-3-2-4-9(5-8)12(13)14/h2-6H,1H3,(H3,13,14). The molecule has 3 N–H and O–H groups in total. The van der Waals surface area contributed by atoms with Gasteiger partial charge >= 0.3 is 0 Å². The predicted molar refractivity (Wildman–Crippen MR) is 68.7 cm³/mol. The maximum Gasteiger partial charge on any atom is 0.162 e. The Balaban J connectivity index is 2.55. The molecule has 0 aliphatic heterocycles. The molecule has 5 heteroatoms. The van der Waals surface area contributed by atoms with Gasteiger partial charge in [0.25, 0.3) is 0 Å². The van der Waals surface area contributed by atoms with E-state index in [2.05, 4.69) is 4.98 Å². The van der Waals surface area contributed by atoms with E-state index in [0.29, 0.717) is 16.1 Å². The molecule has 1 heterocycles. The minimum atomic E-state index is 0.00598. The van der Waals surface area contributed by atoms with Crippen molar-refractivity contribution in [1.82, 2.24) is 4.98 Å². The fraction of sp³-hybridized carbons (Fsp3) is 0.0833. The average molecular weight is 245 g/mol. The van der Waals surface area contributed by atoms with E-state index in [-0.39, 0.29) is 5.84 Å². The number of hydrogen-bond donors (Lipinski definition) is 2. The highest BCUT2D eigenvalue weighted by molar-refractivity contribution is 7.13. The van der Waals surface area contributed by atoms with Crippen LogP contribution in [0.15, 0.2) is 24.3 Å². The maximum atomic E-state index is 10.9. The van der Waals surface area contributed by atoms with Crippen molar-refractivity contribution in [2.75, 3.05) is 0 Å². The lowest BCUT2D eigenvalue weighted by atomic mass is 10.1. The van der Waals surface area contributed by atoms with Gasteiger partial charge in [-0.05, 0) is 13.0 Å². The number of rotatable bonds is 3. The largest absolute Gasteiger partial charge is 0.384 e. The van der Waals surface area contributed by atoms with Gasteiger partial charge in [0.05, 0.1) is 15.6 Å².